The average Bonchev–Trinajstić information content (AvgIpc) is 2.29. The minimum atomic E-state index is -0.999. The van der Waals surface area contributed by atoms with Crippen LogP contribution >= 0.6 is 0 Å². The number of nitrogens with one attached hydrogen (secondary N) is 1. The van der Waals surface area contributed by atoms with E-state index in [-0.39, 0.29) is 12.3 Å². The molecule has 17 heavy (non-hydrogen) atoms. The third-order valence-electron chi connectivity index (χ3n) is 2.28. The van der Waals surface area contributed by atoms with Crippen LogP contribution in [0.25, 0.3) is 0 Å². The molecule has 5 heteroatoms. The van der Waals surface area contributed by atoms with Crippen LogP contribution in [0, 0.1) is 0 Å². The van der Waals surface area contributed by atoms with Gasteiger partial charge in [0.25, 0.3) is 0 Å². The molecule has 1 amide bonds. The number of amides is 1. The Bertz CT molecular complexity index is 379. The maximum Gasteiger partial charge on any atom is 0.326 e. The summed E-state index contributed by atoms with van der Waals surface area (Å²) in [6.07, 6.45) is 2.85. The summed E-state index contributed by atoms with van der Waals surface area (Å²) in [5, 5.41) is 11.4. The van der Waals surface area contributed by atoms with E-state index >= 15 is 0 Å². The highest BCUT2D eigenvalue weighted by molar-refractivity contribution is 5.84. The first kappa shape index (κ1) is 13.2. The van der Waals surface area contributed by atoms with Gasteiger partial charge in [0.15, 0.2) is 0 Å². The zero-order valence-electron chi connectivity index (χ0n) is 9.72. The smallest absolute Gasteiger partial charge is 0.326 e. The number of pyridine rings is 1. The van der Waals surface area contributed by atoms with E-state index in [0.29, 0.717) is 18.5 Å². The maximum absolute atomic E-state index is 11.6. The van der Waals surface area contributed by atoms with Gasteiger partial charge >= 0.3 is 5.97 Å². The molecule has 1 aromatic heterocycles. The number of aromatic nitrogens is 1. The molecule has 0 saturated carbocycles. The van der Waals surface area contributed by atoms with Crippen LogP contribution in [0.4, 0.5) is 0 Å². The van der Waals surface area contributed by atoms with Crippen molar-refractivity contribution in [1.29, 1.82) is 0 Å². The number of carbonyl (C=O) groups is 2. The average molecular weight is 236 g/mol. The molecule has 0 aliphatic rings. The number of carbonyl (C=O) groups excluding carboxylic acids is 1. The number of hydrogen-bond donors (Lipinski definition) is 2. The van der Waals surface area contributed by atoms with Crippen LogP contribution in [0.3, 0.4) is 0 Å². The lowest BCUT2D eigenvalue weighted by Crippen LogP contribution is -2.41. The molecule has 0 fully saturated rings. The molecule has 5 nitrogen and oxygen atoms in total. The molecule has 0 bridgehead atoms. The second kappa shape index (κ2) is 6.62. The monoisotopic (exact) mass is 236 g/mol. The molecule has 92 valence electrons. The summed E-state index contributed by atoms with van der Waals surface area (Å²) >= 11 is 0. The van der Waals surface area contributed by atoms with Gasteiger partial charge in [0.2, 0.25) is 5.91 Å². The minimum absolute atomic E-state index is 0.105. The number of hydrogen-bond acceptors (Lipinski definition) is 3. The summed E-state index contributed by atoms with van der Waals surface area (Å²) in [5.41, 5.74) is 0.630. The standard InChI is InChI=1S/C12H16N2O3/c1-2-5-10(12(16)17)14-11(15)8-9-6-3-4-7-13-9/h3-4,6-7,10H,2,5,8H2,1H3,(H,14,15)(H,16,17). The van der Waals surface area contributed by atoms with E-state index in [1.165, 1.54) is 0 Å². The van der Waals surface area contributed by atoms with Gasteiger partial charge in [0.1, 0.15) is 6.04 Å². The van der Waals surface area contributed by atoms with E-state index in [2.05, 4.69) is 10.3 Å². The molecular weight excluding hydrogens is 220 g/mol. The van der Waals surface area contributed by atoms with Gasteiger partial charge in [-0.1, -0.05) is 19.4 Å². The molecular formula is C12H16N2O3. The highest BCUT2D eigenvalue weighted by Gasteiger charge is 2.18. The molecule has 0 aliphatic heterocycles. The van der Waals surface area contributed by atoms with Crippen LogP contribution in [-0.2, 0) is 16.0 Å². The second-order valence-electron chi connectivity index (χ2n) is 3.74. The fourth-order valence-electron chi connectivity index (χ4n) is 1.46. The van der Waals surface area contributed by atoms with Crippen LogP contribution < -0.4 is 5.32 Å². The summed E-state index contributed by atoms with van der Waals surface area (Å²) in [6, 6.07) is 4.47. The van der Waals surface area contributed by atoms with Gasteiger partial charge in [-0.3, -0.25) is 9.78 Å². The lowest BCUT2D eigenvalue weighted by atomic mass is 10.1. The number of nitrogens with zero attached hydrogens (tertiary/aromatic N) is 1. The molecule has 0 spiro atoms. The van der Waals surface area contributed by atoms with Crippen molar-refractivity contribution >= 4 is 11.9 Å². The first-order chi connectivity index (χ1) is 8.13. The predicted molar refractivity (Wildman–Crippen MR) is 62.4 cm³/mol. The minimum Gasteiger partial charge on any atom is -0.480 e. The van der Waals surface area contributed by atoms with Gasteiger partial charge in [-0.25, -0.2) is 4.79 Å². The highest BCUT2D eigenvalue weighted by atomic mass is 16.4. The van der Waals surface area contributed by atoms with E-state index in [0.717, 1.165) is 0 Å². The Morgan fingerprint density at radius 3 is 2.76 bits per heavy atom. The largest absolute Gasteiger partial charge is 0.480 e. The topological polar surface area (TPSA) is 79.3 Å². The molecule has 1 heterocycles. The zero-order valence-corrected chi connectivity index (χ0v) is 9.72. The molecule has 0 aliphatic carbocycles. The first-order valence-corrected chi connectivity index (χ1v) is 5.55. The van der Waals surface area contributed by atoms with Crippen molar-refractivity contribution in [3.63, 3.8) is 0 Å². The Balaban J connectivity index is 2.51. The van der Waals surface area contributed by atoms with Crippen LogP contribution in [-0.4, -0.2) is 28.0 Å². The van der Waals surface area contributed by atoms with E-state index < -0.39 is 12.0 Å². The lowest BCUT2D eigenvalue weighted by Gasteiger charge is -2.13. The molecule has 2 N–H and O–H groups in total. The van der Waals surface area contributed by atoms with Crippen LogP contribution in [0.2, 0.25) is 0 Å². The molecule has 1 aromatic rings. The highest BCUT2D eigenvalue weighted by Crippen LogP contribution is 1.99. The molecule has 0 radical (unpaired) electrons. The summed E-state index contributed by atoms with van der Waals surface area (Å²) in [4.78, 5) is 26.4. The van der Waals surface area contributed by atoms with Gasteiger partial charge in [-0.2, -0.15) is 0 Å². The summed E-state index contributed by atoms with van der Waals surface area (Å²) < 4.78 is 0. The Labute approximate surface area is 99.9 Å². The van der Waals surface area contributed by atoms with E-state index in [9.17, 15) is 9.59 Å². The van der Waals surface area contributed by atoms with Crippen molar-refractivity contribution in [3.05, 3.63) is 30.1 Å². The number of rotatable bonds is 6. The van der Waals surface area contributed by atoms with Gasteiger partial charge in [-0.15, -0.1) is 0 Å². The van der Waals surface area contributed by atoms with Crippen molar-refractivity contribution in [2.24, 2.45) is 0 Å². The SMILES string of the molecule is CCCC(NC(=O)Cc1ccccn1)C(=O)O. The van der Waals surface area contributed by atoms with Gasteiger partial charge in [0.05, 0.1) is 6.42 Å². The molecule has 1 atom stereocenters. The Morgan fingerprint density at radius 1 is 1.47 bits per heavy atom. The Hall–Kier alpha value is -1.91. The van der Waals surface area contributed by atoms with Gasteiger partial charge < -0.3 is 10.4 Å². The lowest BCUT2D eigenvalue weighted by molar-refractivity contribution is -0.141. The maximum atomic E-state index is 11.6. The van der Waals surface area contributed by atoms with E-state index in [4.69, 9.17) is 5.11 Å². The third-order valence-corrected chi connectivity index (χ3v) is 2.28. The van der Waals surface area contributed by atoms with Gasteiger partial charge in [-0.05, 0) is 18.6 Å². The third kappa shape index (κ3) is 4.63. The Morgan fingerprint density at radius 2 is 2.24 bits per heavy atom. The molecule has 0 aromatic carbocycles. The van der Waals surface area contributed by atoms with E-state index in [1.54, 1.807) is 24.4 Å². The molecule has 1 unspecified atom stereocenters. The van der Waals surface area contributed by atoms with Crippen LogP contribution in [0.5, 0.6) is 0 Å². The summed E-state index contributed by atoms with van der Waals surface area (Å²) in [6.45, 7) is 1.88. The summed E-state index contributed by atoms with van der Waals surface area (Å²) in [5.74, 6) is -1.31. The summed E-state index contributed by atoms with van der Waals surface area (Å²) in [7, 11) is 0. The van der Waals surface area contributed by atoms with Gasteiger partial charge in [0, 0.05) is 11.9 Å². The number of carboxylic acids is 1. The quantitative estimate of drug-likeness (QED) is 0.772. The fourth-order valence-corrected chi connectivity index (χ4v) is 1.46. The number of aliphatic carboxylic acids is 1. The zero-order chi connectivity index (χ0) is 12.7. The first-order valence-electron chi connectivity index (χ1n) is 5.55. The van der Waals surface area contributed by atoms with Crippen molar-refractivity contribution < 1.29 is 14.7 Å². The van der Waals surface area contributed by atoms with Crippen molar-refractivity contribution in [3.8, 4) is 0 Å². The van der Waals surface area contributed by atoms with E-state index in [1.807, 2.05) is 6.92 Å². The predicted octanol–water partition coefficient (Wildman–Crippen LogP) is 0.994. The fraction of sp³-hybridized carbons (Fsp3) is 0.417. The van der Waals surface area contributed by atoms with Crippen molar-refractivity contribution in [2.75, 3.05) is 0 Å². The van der Waals surface area contributed by atoms with Crippen molar-refractivity contribution in [1.82, 2.24) is 10.3 Å². The van der Waals surface area contributed by atoms with Crippen molar-refractivity contribution in [2.45, 2.75) is 32.2 Å². The second-order valence-corrected chi connectivity index (χ2v) is 3.74. The molecule has 0 saturated heterocycles. The Kier molecular flexibility index (Phi) is 5.13. The number of carboxylic acid groups (broad SMARTS) is 1. The van der Waals surface area contributed by atoms with Crippen LogP contribution in [0.1, 0.15) is 25.5 Å². The van der Waals surface area contributed by atoms with Crippen LogP contribution in [0.15, 0.2) is 24.4 Å². The normalized spacial score (nSPS) is 11.8. The molecule has 1 rings (SSSR count).